The quantitative estimate of drug-likeness (QED) is 0.538. The van der Waals surface area contributed by atoms with E-state index in [1.807, 2.05) is 48.5 Å². The van der Waals surface area contributed by atoms with Crippen molar-refractivity contribution < 1.29 is 23.8 Å². The maximum Gasteiger partial charge on any atom is 0.254 e. The zero-order valence-corrected chi connectivity index (χ0v) is 19.3. The van der Waals surface area contributed by atoms with Crippen LogP contribution in [0, 0.1) is 5.92 Å². The Morgan fingerprint density at radius 1 is 0.794 bits per heavy atom. The van der Waals surface area contributed by atoms with Gasteiger partial charge in [-0.1, -0.05) is 24.3 Å². The predicted octanol–water partition coefficient (Wildman–Crippen LogP) is 4.99. The van der Waals surface area contributed by atoms with Crippen molar-refractivity contribution in [2.75, 3.05) is 32.6 Å². The number of para-hydroxylation sites is 1. The molecule has 1 saturated heterocycles. The summed E-state index contributed by atoms with van der Waals surface area (Å²) in [5.41, 5.74) is 1.19. The Kier molecular flexibility index (Phi) is 7.32. The number of benzene rings is 3. The number of hydrogen-bond acceptors (Lipinski definition) is 5. The van der Waals surface area contributed by atoms with Crippen LogP contribution in [0.5, 0.6) is 23.0 Å². The molecule has 176 valence electrons. The van der Waals surface area contributed by atoms with E-state index in [4.69, 9.17) is 14.2 Å². The molecule has 1 N–H and O–H groups in total. The van der Waals surface area contributed by atoms with Gasteiger partial charge >= 0.3 is 0 Å². The molecule has 2 amide bonds. The molecule has 3 aromatic carbocycles. The normalized spacial score (nSPS) is 13.8. The minimum Gasteiger partial charge on any atom is -0.497 e. The zero-order valence-electron chi connectivity index (χ0n) is 19.3. The van der Waals surface area contributed by atoms with Gasteiger partial charge in [0.05, 0.1) is 14.2 Å². The average Bonchev–Trinajstić information content (AvgIpc) is 2.88. The highest BCUT2D eigenvalue weighted by Crippen LogP contribution is 2.27. The molecule has 0 aromatic heterocycles. The van der Waals surface area contributed by atoms with Gasteiger partial charge in [0, 0.05) is 42.4 Å². The minimum absolute atomic E-state index is 0.0491. The summed E-state index contributed by atoms with van der Waals surface area (Å²) in [6.07, 6.45) is 1.19. The van der Waals surface area contributed by atoms with Gasteiger partial charge in [0.15, 0.2) is 0 Å². The van der Waals surface area contributed by atoms with Crippen molar-refractivity contribution in [1.29, 1.82) is 0 Å². The van der Waals surface area contributed by atoms with Gasteiger partial charge in [0.2, 0.25) is 5.91 Å². The number of carbonyl (C=O) groups excluding carboxylic acids is 2. The fourth-order valence-corrected chi connectivity index (χ4v) is 3.96. The number of rotatable bonds is 7. The zero-order chi connectivity index (χ0) is 23.9. The average molecular weight is 461 g/mol. The summed E-state index contributed by atoms with van der Waals surface area (Å²) in [7, 11) is 3.10. The van der Waals surface area contributed by atoms with Crippen LogP contribution in [-0.2, 0) is 4.79 Å². The van der Waals surface area contributed by atoms with Crippen molar-refractivity contribution >= 4 is 17.5 Å². The third kappa shape index (κ3) is 5.67. The molecule has 1 aliphatic rings. The van der Waals surface area contributed by atoms with E-state index in [9.17, 15) is 9.59 Å². The molecule has 34 heavy (non-hydrogen) atoms. The molecule has 7 nitrogen and oxygen atoms in total. The van der Waals surface area contributed by atoms with E-state index < -0.39 is 0 Å². The molecule has 0 aliphatic carbocycles. The van der Waals surface area contributed by atoms with Crippen LogP contribution in [0.25, 0.3) is 0 Å². The molecular weight excluding hydrogens is 432 g/mol. The Morgan fingerprint density at radius 3 is 2.09 bits per heavy atom. The summed E-state index contributed by atoms with van der Waals surface area (Å²) in [6, 6.07) is 22.0. The van der Waals surface area contributed by atoms with Crippen LogP contribution in [0.3, 0.4) is 0 Å². The maximum absolute atomic E-state index is 13.0. The lowest BCUT2D eigenvalue weighted by molar-refractivity contribution is -0.121. The van der Waals surface area contributed by atoms with Crippen molar-refractivity contribution in [2.45, 2.75) is 12.8 Å². The second-order valence-electron chi connectivity index (χ2n) is 8.10. The van der Waals surface area contributed by atoms with Crippen LogP contribution in [0.2, 0.25) is 0 Å². The SMILES string of the molecule is COc1cc(OC)cc(C(=O)N2CCC(C(=O)Nc3cccc(Oc4ccccc4)c3)CC2)c1. The van der Waals surface area contributed by atoms with Gasteiger partial charge in [-0.2, -0.15) is 0 Å². The number of methoxy groups -OCH3 is 2. The fraction of sp³-hybridized carbons (Fsp3) is 0.259. The number of nitrogens with one attached hydrogen (secondary N) is 1. The first-order valence-corrected chi connectivity index (χ1v) is 11.2. The Labute approximate surface area is 199 Å². The lowest BCUT2D eigenvalue weighted by atomic mass is 9.95. The van der Waals surface area contributed by atoms with E-state index >= 15 is 0 Å². The van der Waals surface area contributed by atoms with E-state index in [1.54, 1.807) is 43.4 Å². The molecule has 1 heterocycles. The Hall–Kier alpha value is -4.00. The molecule has 0 saturated carbocycles. The van der Waals surface area contributed by atoms with Crippen molar-refractivity contribution in [3.8, 4) is 23.0 Å². The number of amides is 2. The van der Waals surface area contributed by atoms with E-state index in [0.29, 0.717) is 54.4 Å². The highest BCUT2D eigenvalue weighted by Gasteiger charge is 2.28. The van der Waals surface area contributed by atoms with Gasteiger partial charge in [0.25, 0.3) is 5.91 Å². The molecule has 0 spiro atoms. The first kappa shape index (κ1) is 23.2. The number of piperidine rings is 1. The molecule has 0 radical (unpaired) electrons. The van der Waals surface area contributed by atoms with Gasteiger partial charge < -0.3 is 24.4 Å². The number of carbonyl (C=O) groups is 2. The minimum atomic E-state index is -0.164. The molecule has 0 unspecified atom stereocenters. The second kappa shape index (κ2) is 10.7. The summed E-state index contributed by atoms with van der Waals surface area (Å²) in [5, 5.41) is 2.99. The third-order valence-electron chi connectivity index (χ3n) is 5.83. The van der Waals surface area contributed by atoms with Crippen LogP contribution in [0.4, 0.5) is 5.69 Å². The number of hydrogen-bond donors (Lipinski definition) is 1. The fourth-order valence-electron chi connectivity index (χ4n) is 3.96. The Bertz CT molecular complexity index is 1120. The lowest BCUT2D eigenvalue weighted by Gasteiger charge is -2.31. The number of anilines is 1. The van der Waals surface area contributed by atoms with Gasteiger partial charge in [-0.05, 0) is 49.2 Å². The molecule has 0 atom stereocenters. The first-order valence-electron chi connectivity index (χ1n) is 11.2. The lowest BCUT2D eigenvalue weighted by Crippen LogP contribution is -2.41. The smallest absolute Gasteiger partial charge is 0.254 e. The first-order chi connectivity index (χ1) is 16.6. The van der Waals surface area contributed by atoms with Crippen molar-refractivity contribution in [3.05, 3.63) is 78.4 Å². The van der Waals surface area contributed by atoms with Crippen LogP contribution in [0.1, 0.15) is 23.2 Å². The van der Waals surface area contributed by atoms with E-state index in [2.05, 4.69) is 5.32 Å². The molecule has 1 fully saturated rings. The highest BCUT2D eigenvalue weighted by atomic mass is 16.5. The third-order valence-corrected chi connectivity index (χ3v) is 5.83. The van der Waals surface area contributed by atoms with Gasteiger partial charge in [-0.3, -0.25) is 9.59 Å². The van der Waals surface area contributed by atoms with Crippen LogP contribution < -0.4 is 19.5 Å². The molecule has 7 heteroatoms. The Morgan fingerprint density at radius 2 is 1.44 bits per heavy atom. The maximum atomic E-state index is 13.0. The summed E-state index contributed by atoms with van der Waals surface area (Å²) in [5.74, 6) is 2.21. The summed E-state index contributed by atoms with van der Waals surface area (Å²) < 4.78 is 16.4. The largest absolute Gasteiger partial charge is 0.497 e. The predicted molar refractivity (Wildman–Crippen MR) is 130 cm³/mol. The second-order valence-corrected chi connectivity index (χ2v) is 8.10. The van der Waals surface area contributed by atoms with E-state index in [1.165, 1.54) is 0 Å². The summed E-state index contributed by atoms with van der Waals surface area (Å²) in [6.45, 7) is 1.02. The summed E-state index contributed by atoms with van der Waals surface area (Å²) in [4.78, 5) is 27.6. The topological polar surface area (TPSA) is 77.1 Å². The summed E-state index contributed by atoms with van der Waals surface area (Å²) >= 11 is 0. The molecule has 4 rings (SSSR count). The number of nitrogens with zero attached hydrogens (tertiary/aromatic N) is 1. The molecule has 1 aliphatic heterocycles. The van der Waals surface area contributed by atoms with Gasteiger partial charge in [-0.25, -0.2) is 0 Å². The van der Waals surface area contributed by atoms with Gasteiger partial charge in [0.1, 0.15) is 23.0 Å². The standard InChI is InChI=1S/C27H28N2O5/c1-32-24-15-20(16-25(18-24)33-2)27(31)29-13-11-19(12-14-29)26(30)28-21-7-6-10-23(17-21)34-22-8-4-3-5-9-22/h3-10,15-19H,11-14H2,1-2H3,(H,28,30). The van der Waals surface area contributed by atoms with Crippen molar-refractivity contribution in [1.82, 2.24) is 4.90 Å². The van der Waals surface area contributed by atoms with Crippen molar-refractivity contribution in [3.63, 3.8) is 0 Å². The molecule has 3 aromatic rings. The molecular formula is C27H28N2O5. The van der Waals surface area contributed by atoms with Crippen LogP contribution >= 0.6 is 0 Å². The van der Waals surface area contributed by atoms with E-state index in [0.717, 1.165) is 5.75 Å². The van der Waals surface area contributed by atoms with E-state index in [-0.39, 0.29) is 17.7 Å². The van der Waals surface area contributed by atoms with Crippen LogP contribution in [0.15, 0.2) is 72.8 Å². The number of likely N-dealkylation sites (tertiary alicyclic amines) is 1. The highest BCUT2D eigenvalue weighted by molar-refractivity contribution is 5.96. The van der Waals surface area contributed by atoms with Crippen LogP contribution in [-0.4, -0.2) is 44.0 Å². The monoisotopic (exact) mass is 460 g/mol. The van der Waals surface area contributed by atoms with Crippen molar-refractivity contribution in [2.24, 2.45) is 5.92 Å². The number of ether oxygens (including phenoxy) is 3. The molecule has 0 bridgehead atoms. The Balaban J connectivity index is 1.33. The van der Waals surface area contributed by atoms with Gasteiger partial charge in [-0.15, -0.1) is 0 Å².